The van der Waals surface area contributed by atoms with Gasteiger partial charge in [-0.2, -0.15) is 0 Å². The van der Waals surface area contributed by atoms with Gasteiger partial charge in [-0.1, -0.05) is 24.3 Å². The molecule has 29 heavy (non-hydrogen) atoms. The van der Waals surface area contributed by atoms with Gasteiger partial charge in [0.15, 0.2) is 0 Å². The summed E-state index contributed by atoms with van der Waals surface area (Å²) in [4.78, 5) is 28.3. The minimum atomic E-state index is -0.386. The van der Waals surface area contributed by atoms with E-state index in [9.17, 15) is 9.59 Å². The van der Waals surface area contributed by atoms with Crippen LogP contribution in [0.2, 0.25) is 0 Å². The lowest BCUT2D eigenvalue weighted by Gasteiger charge is -2.22. The third-order valence-corrected chi connectivity index (χ3v) is 5.85. The molecule has 1 amide bonds. The Hall–Kier alpha value is -2.51. The van der Waals surface area contributed by atoms with Gasteiger partial charge in [0.25, 0.3) is 5.91 Å². The number of methoxy groups -OCH3 is 2. The highest BCUT2D eigenvalue weighted by atomic mass is 32.2. The van der Waals surface area contributed by atoms with Crippen LogP contribution in [0.5, 0.6) is 5.75 Å². The van der Waals surface area contributed by atoms with Gasteiger partial charge in [-0.05, 0) is 42.5 Å². The standard InChI is InChI=1S/C22H26N2O4S/c1-27-20-7-5-4-6-18(20)21(25)23-16-12-19(22(26)28-2)24(14-16)13-15-8-10-17(29-3)11-9-15/h4-11,16,19H,12-14H2,1-3H3,(H,23,25)/t16-,19+/m1/s1. The van der Waals surface area contributed by atoms with Gasteiger partial charge in [-0.15, -0.1) is 11.8 Å². The molecule has 0 aromatic heterocycles. The lowest BCUT2D eigenvalue weighted by Crippen LogP contribution is -2.37. The Kier molecular flexibility index (Phi) is 7.17. The fourth-order valence-electron chi connectivity index (χ4n) is 3.62. The molecule has 2 aromatic rings. The van der Waals surface area contributed by atoms with Crippen LogP contribution in [0.3, 0.4) is 0 Å². The smallest absolute Gasteiger partial charge is 0.323 e. The third-order valence-electron chi connectivity index (χ3n) is 5.11. The number of carbonyl (C=O) groups is 2. The van der Waals surface area contributed by atoms with Crippen molar-refractivity contribution in [3.8, 4) is 5.75 Å². The molecule has 0 bridgehead atoms. The van der Waals surface area contributed by atoms with E-state index in [0.717, 1.165) is 5.56 Å². The van der Waals surface area contributed by atoms with E-state index in [1.165, 1.54) is 12.0 Å². The fourth-order valence-corrected chi connectivity index (χ4v) is 4.03. The highest BCUT2D eigenvalue weighted by Gasteiger charge is 2.38. The number of nitrogens with zero attached hydrogens (tertiary/aromatic N) is 1. The molecule has 1 aliphatic rings. The number of nitrogens with one attached hydrogen (secondary N) is 1. The largest absolute Gasteiger partial charge is 0.496 e. The highest BCUT2D eigenvalue weighted by molar-refractivity contribution is 7.98. The van der Waals surface area contributed by atoms with Gasteiger partial charge in [0, 0.05) is 24.0 Å². The van der Waals surface area contributed by atoms with Crippen molar-refractivity contribution in [3.63, 3.8) is 0 Å². The average Bonchev–Trinajstić information content (AvgIpc) is 3.15. The van der Waals surface area contributed by atoms with Crippen LogP contribution in [0, 0.1) is 0 Å². The van der Waals surface area contributed by atoms with E-state index in [1.54, 1.807) is 37.1 Å². The van der Waals surface area contributed by atoms with E-state index in [1.807, 2.05) is 12.3 Å². The Morgan fingerprint density at radius 2 is 1.86 bits per heavy atom. The first-order chi connectivity index (χ1) is 14.0. The van der Waals surface area contributed by atoms with E-state index in [4.69, 9.17) is 9.47 Å². The number of benzene rings is 2. The summed E-state index contributed by atoms with van der Waals surface area (Å²) in [6, 6.07) is 14.9. The first-order valence-corrected chi connectivity index (χ1v) is 10.7. The van der Waals surface area contributed by atoms with Crippen LogP contribution in [0.1, 0.15) is 22.3 Å². The summed E-state index contributed by atoms with van der Waals surface area (Å²) in [6.45, 7) is 1.19. The maximum Gasteiger partial charge on any atom is 0.323 e. The second kappa shape index (κ2) is 9.80. The van der Waals surface area contributed by atoms with Crippen molar-refractivity contribution in [1.29, 1.82) is 0 Å². The zero-order valence-corrected chi connectivity index (χ0v) is 17.7. The first kappa shape index (κ1) is 21.2. The van der Waals surface area contributed by atoms with Gasteiger partial charge in [-0.3, -0.25) is 14.5 Å². The SMILES string of the molecule is COC(=O)[C@@H]1C[C@@H](NC(=O)c2ccccc2OC)CN1Cc1ccc(SC)cc1. The maximum atomic E-state index is 12.7. The Bertz CT molecular complexity index is 856. The molecular weight excluding hydrogens is 388 g/mol. The summed E-state index contributed by atoms with van der Waals surface area (Å²) in [6.07, 6.45) is 2.55. The van der Waals surface area contributed by atoms with Crippen LogP contribution in [0.15, 0.2) is 53.4 Å². The van der Waals surface area contributed by atoms with Crippen molar-refractivity contribution in [2.75, 3.05) is 27.0 Å². The predicted octanol–water partition coefficient (Wildman–Crippen LogP) is 2.96. The normalized spacial score (nSPS) is 19.0. The zero-order chi connectivity index (χ0) is 20.8. The molecule has 2 atom stereocenters. The van der Waals surface area contributed by atoms with Gasteiger partial charge < -0.3 is 14.8 Å². The third kappa shape index (κ3) is 5.10. The van der Waals surface area contributed by atoms with Gasteiger partial charge >= 0.3 is 5.97 Å². The summed E-state index contributed by atoms with van der Waals surface area (Å²) in [7, 11) is 2.94. The molecule has 7 heteroatoms. The summed E-state index contributed by atoms with van der Waals surface area (Å²) in [5.74, 6) is 0.0419. The van der Waals surface area contributed by atoms with Gasteiger partial charge in [0.05, 0.1) is 19.8 Å². The molecule has 0 radical (unpaired) electrons. The van der Waals surface area contributed by atoms with Crippen LogP contribution in [-0.4, -0.2) is 55.9 Å². The van der Waals surface area contributed by atoms with Crippen molar-refractivity contribution in [1.82, 2.24) is 10.2 Å². The lowest BCUT2D eigenvalue weighted by atomic mass is 10.1. The number of carbonyl (C=O) groups excluding carboxylic acids is 2. The summed E-state index contributed by atoms with van der Waals surface area (Å²) in [5, 5.41) is 3.04. The van der Waals surface area contributed by atoms with Crippen molar-refractivity contribution < 1.29 is 19.1 Å². The number of amides is 1. The average molecular weight is 415 g/mol. The molecule has 1 saturated heterocycles. The number of esters is 1. The molecule has 154 valence electrons. The van der Waals surface area contributed by atoms with Crippen molar-refractivity contribution in [3.05, 3.63) is 59.7 Å². The molecule has 0 saturated carbocycles. The lowest BCUT2D eigenvalue weighted by molar-refractivity contribution is -0.146. The highest BCUT2D eigenvalue weighted by Crippen LogP contribution is 2.24. The monoisotopic (exact) mass is 414 g/mol. The van der Waals surface area contributed by atoms with Crippen molar-refractivity contribution >= 4 is 23.6 Å². The van der Waals surface area contributed by atoms with E-state index < -0.39 is 0 Å². The molecule has 0 aliphatic carbocycles. The van der Waals surface area contributed by atoms with Crippen LogP contribution in [-0.2, 0) is 16.1 Å². The summed E-state index contributed by atoms with van der Waals surface area (Å²) >= 11 is 1.69. The summed E-state index contributed by atoms with van der Waals surface area (Å²) in [5.41, 5.74) is 1.60. The van der Waals surface area contributed by atoms with Crippen molar-refractivity contribution in [2.45, 2.75) is 29.9 Å². The summed E-state index contributed by atoms with van der Waals surface area (Å²) < 4.78 is 10.3. The number of hydrogen-bond donors (Lipinski definition) is 1. The second-order valence-corrected chi connectivity index (χ2v) is 7.80. The van der Waals surface area contributed by atoms with E-state index in [0.29, 0.717) is 30.8 Å². The molecule has 3 rings (SSSR count). The van der Waals surface area contributed by atoms with E-state index in [-0.39, 0.29) is 24.0 Å². The van der Waals surface area contributed by atoms with E-state index >= 15 is 0 Å². The quantitative estimate of drug-likeness (QED) is 0.555. The molecule has 2 aromatic carbocycles. The molecule has 1 aliphatic heterocycles. The molecule has 6 nitrogen and oxygen atoms in total. The fraction of sp³-hybridized carbons (Fsp3) is 0.364. The minimum Gasteiger partial charge on any atom is -0.496 e. The number of para-hydroxylation sites is 1. The van der Waals surface area contributed by atoms with Gasteiger partial charge in [0.1, 0.15) is 11.8 Å². The van der Waals surface area contributed by atoms with Crippen LogP contribution < -0.4 is 10.1 Å². The topological polar surface area (TPSA) is 67.9 Å². The molecule has 1 heterocycles. The predicted molar refractivity (Wildman–Crippen MR) is 113 cm³/mol. The number of hydrogen-bond acceptors (Lipinski definition) is 6. The number of ether oxygens (including phenoxy) is 2. The van der Waals surface area contributed by atoms with Crippen LogP contribution in [0.4, 0.5) is 0 Å². The molecule has 0 unspecified atom stereocenters. The second-order valence-electron chi connectivity index (χ2n) is 6.92. The van der Waals surface area contributed by atoms with E-state index in [2.05, 4.69) is 34.5 Å². The Morgan fingerprint density at radius 1 is 1.14 bits per heavy atom. The van der Waals surface area contributed by atoms with Crippen LogP contribution >= 0.6 is 11.8 Å². The van der Waals surface area contributed by atoms with Crippen LogP contribution in [0.25, 0.3) is 0 Å². The van der Waals surface area contributed by atoms with Gasteiger partial charge in [-0.25, -0.2) is 0 Å². The first-order valence-electron chi connectivity index (χ1n) is 9.44. The maximum absolute atomic E-state index is 12.7. The number of rotatable bonds is 7. The Labute approximate surface area is 175 Å². The molecule has 1 N–H and O–H groups in total. The van der Waals surface area contributed by atoms with Gasteiger partial charge in [0.2, 0.25) is 0 Å². The molecule has 1 fully saturated rings. The Morgan fingerprint density at radius 3 is 2.52 bits per heavy atom. The Balaban J connectivity index is 1.71. The molecule has 0 spiro atoms. The number of likely N-dealkylation sites (tertiary alicyclic amines) is 1. The van der Waals surface area contributed by atoms with Crippen molar-refractivity contribution in [2.24, 2.45) is 0 Å². The minimum absolute atomic E-state index is 0.151. The zero-order valence-electron chi connectivity index (χ0n) is 16.9. The number of thioether (sulfide) groups is 1. The molecular formula is C22H26N2O4S.